The van der Waals surface area contributed by atoms with Crippen LogP contribution in [0.4, 0.5) is 10.1 Å². The largest absolute Gasteiger partial charge is 0.397 e. The van der Waals surface area contributed by atoms with E-state index in [1.807, 2.05) is 0 Å². The second kappa shape index (κ2) is 4.02. The van der Waals surface area contributed by atoms with Gasteiger partial charge in [-0.05, 0) is 30.7 Å². The fraction of sp³-hybridized carbons (Fsp3) is 0.0909. The SMILES string of the molecule is Cc1ccc(-n2ncc(N)cc2=S)cc1F. The first kappa shape index (κ1) is 10.8. The summed E-state index contributed by atoms with van der Waals surface area (Å²) in [5.41, 5.74) is 7.22. The lowest BCUT2D eigenvalue weighted by Crippen LogP contribution is -2.03. The van der Waals surface area contributed by atoms with Crippen LogP contribution in [0, 0.1) is 17.4 Å². The predicted octanol–water partition coefficient (Wildman–Crippen LogP) is 2.63. The van der Waals surface area contributed by atoms with Crippen molar-refractivity contribution in [1.82, 2.24) is 9.78 Å². The van der Waals surface area contributed by atoms with Crippen LogP contribution in [0.15, 0.2) is 30.5 Å². The molecule has 0 saturated heterocycles. The lowest BCUT2D eigenvalue weighted by Gasteiger charge is -2.06. The van der Waals surface area contributed by atoms with Gasteiger partial charge in [0, 0.05) is 0 Å². The minimum Gasteiger partial charge on any atom is -0.397 e. The zero-order chi connectivity index (χ0) is 11.7. The number of aryl methyl sites for hydroxylation is 1. The fourth-order valence-electron chi connectivity index (χ4n) is 1.33. The number of benzene rings is 1. The Morgan fingerprint density at radius 2 is 2.12 bits per heavy atom. The van der Waals surface area contributed by atoms with Gasteiger partial charge in [-0.1, -0.05) is 18.3 Å². The van der Waals surface area contributed by atoms with E-state index < -0.39 is 0 Å². The van der Waals surface area contributed by atoms with Crippen molar-refractivity contribution in [3.05, 3.63) is 46.5 Å². The van der Waals surface area contributed by atoms with Crippen LogP contribution in [0.25, 0.3) is 5.69 Å². The van der Waals surface area contributed by atoms with Crippen LogP contribution >= 0.6 is 12.2 Å². The Morgan fingerprint density at radius 1 is 1.38 bits per heavy atom. The Balaban J connectivity index is 2.59. The molecule has 0 aliphatic carbocycles. The third-order valence-corrected chi connectivity index (χ3v) is 2.51. The number of nitrogen functional groups attached to an aromatic ring is 1. The lowest BCUT2D eigenvalue weighted by molar-refractivity contribution is 0.615. The summed E-state index contributed by atoms with van der Waals surface area (Å²) >= 11 is 5.10. The summed E-state index contributed by atoms with van der Waals surface area (Å²) in [5.74, 6) is -0.280. The van der Waals surface area contributed by atoms with Crippen molar-refractivity contribution in [1.29, 1.82) is 0 Å². The molecule has 16 heavy (non-hydrogen) atoms. The van der Waals surface area contributed by atoms with Crippen molar-refractivity contribution in [3.8, 4) is 5.69 Å². The maximum Gasteiger partial charge on any atom is 0.130 e. The highest BCUT2D eigenvalue weighted by Gasteiger charge is 2.02. The van der Waals surface area contributed by atoms with Crippen LogP contribution in [0.3, 0.4) is 0 Å². The van der Waals surface area contributed by atoms with Crippen LogP contribution in [0.2, 0.25) is 0 Å². The fourth-order valence-corrected chi connectivity index (χ4v) is 1.62. The van der Waals surface area contributed by atoms with Gasteiger partial charge in [0.15, 0.2) is 0 Å². The molecule has 0 aliphatic heterocycles. The van der Waals surface area contributed by atoms with E-state index in [4.69, 9.17) is 18.0 Å². The van der Waals surface area contributed by atoms with Gasteiger partial charge in [0.25, 0.3) is 0 Å². The van der Waals surface area contributed by atoms with Crippen molar-refractivity contribution < 1.29 is 4.39 Å². The molecule has 2 N–H and O–H groups in total. The number of nitrogens with two attached hydrogens (primary N) is 1. The lowest BCUT2D eigenvalue weighted by atomic mass is 10.2. The van der Waals surface area contributed by atoms with E-state index in [9.17, 15) is 4.39 Å². The number of aromatic nitrogens is 2. The first-order valence-corrected chi connectivity index (χ1v) is 5.10. The van der Waals surface area contributed by atoms with Crippen molar-refractivity contribution in [3.63, 3.8) is 0 Å². The highest BCUT2D eigenvalue weighted by atomic mass is 32.1. The molecule has 0 spiro atoms. The van der Waals surface area contributed by atoms with Gasteiger partial charge in [-0.2, -0.15) is 5.10 Å². The zero-order valence-electron chi connectivity index (χ0n) is 8.64. The minimum atomic E-state index is -0.280. The Bertz CT molecular complexity index is 592. The number of hydrogen-bond donors (Lipinski definition) is 1. The number of rotatable bonds is 1. The van der Waals surface area contributed by atoms with E-state index in [0.717, 1.165) is 0 Å². The molecule has 0 bridgehead atoms. The molecule has 0 unspecified atom stereocenters. The molecule has 0 aliphatic rings. The van der Waals surface area contributed by atoms with Crippen LogP contribution in [0.1, 0.15) is 5.56 Å². The predicted molar refractivity (Wildman–Crippen MR) is 63.5 cm³/mol. The molecular formula is C11H10FN3S. The second-order valence-electron chi connectivity index (χ2n) is 3.47. The van der Waals surface area contributed by atoms with Crippen molar-refractivity contribution in [2.75, 3.05) is 5.73 Å². The molecule has 0 amide bonds. The molecule has 0 radical (unpaired) electrons. The molecule has 1 aromatic heterocycles. The number of nitrogens with zero attached hydrogens (tertiary/aromatic N) is 2. The quantitative estimate of drug-likeness (QED) is 0.773. The third kappa shape index (κ3) is 1.94. The third-order valence-electron chi connectivity index (χ3n) is 2.22. The Kier molecular flexibility index (Phi) is 2.70. The topological polar surface area (TPSA) is 43.8 Å². The maximum atomic E-state index is 13.4. The van der Waals surface area contributed by atoms with E-state index in [2.05, 4.69) is 5.10 Å². The molecule has 2 aromatic rings. The first-order valence-electron chi connectivity index (χ1n) is 4.69. The summed E-state index contributed by atoms with van der Waals surface area (Å²) in [6, 6.07) is 6.45. The van der Waals surface area contributed by atoms with Crippen molar-refractivity contribution in [2.45, 2.75) is 6.92 Å². The van der Waals surface area contributed by atoms with Gasteiger partial charge in [-0.25, -0.2) is 9.07 Å². The zero-order valence-corrected chi connectivity index (χ0v) is 9.46. The van der Waals surface area contributed by atoms with E-state index in [1.165, 1.54) is 16.9 Å². The molecule has 1 aromatic carbocycles. The van der Waals surface area contributed by atoms with Crippen LogP contribution in [0.5, 0.6) is 0 Å². The Morgan fingerprint density at radius 3 is 2.75 bits per heavy atom. The monoisotopic (exact) mass is 235 g/mol. The molecule has 82 valence electrons. The average Bonchev–Trinajstić information content (AvgIpc) is 2.22. The first-order chi connectivity index (χ1) is 7.58. The summed E-state index contributed by atoms with van der Waals surface area (Å²) < 4.78 is 15.3. The van der Waals surface area contributed by atoms with Crippen molar-refractivity contribution in [2.24, 2.45) is 0 Å². The van der Waals surface area contributed by atoms with E-state index in [-0.39, 0.29) is 5.82 Å². The Hall–Kier alpha value is -1.75. The summed E-state index contributed by atoms with van der Waals surface area (Å²) in [7, 11) is 0. The molecule has 1 heterocycles. The number of anilines is 1. The molecule has 0 fully saturated rings. The van der Waals surface area contributed by atoms with Crippen LogP contribution in [-0.2, 0) is 0 Å². The number of hydrogen-bond acceptors (Lipinski definition) is 3. The Labute approximate surface area is 97.3 Å². The van der Waals surface area contributed by atoms with E-state index in [1.54, 1.807) is 25.1 Å². The summed E-state index contributed by atoms with van der Waals surface area (Å²) in [4.78, 5) is 0. The van der Waals surface area contributed by atoms with Gasteiger partial charge in [0.05, 0.1) is 17.6 Å². The van der Waals surface area contributed by atoms with Gasteiger partial charge in [0.2, 0.25) is 0 Å². The smallest absolute Gasteiger partial charge is 0.130 e. The minimum absolute atomic E-state index is 0.280. The number of halogens is 1. The summed E-state index contributed by atoms with van der Waals surface area (Å²) in [5, 5.41) is 4.04. The van der Waals surface area contributed by atoms with Gasteiger partial charge in [0.1, 0.15) is 10.5 Å². The molecule has 0 saturated carbocycles. The maximum absolute atomic E-state index is 13.4. The second-order valence-corrected chi connectivity index (χ2v) is 3.89. The molecule has 3 nitrogen and oxygen atoms in total. The van der Waals surface area contributed by atoms with Gasteiger partial charge in [-0.3, -0.25) is 0 Å². The molecular weight excluding hydrogens is 225 g/mol. The molecule has 2 rings (SSSR count). The molecule has 0 atom stereocenters. The standard InChI is InChI=1S/C11H10FN3S/c1-7-2-3-9(5-10(7)12)15-11(16)4-8(13)6-14-15/h2-6H,13H2,1H3. The van der Waals surface area contributed by atoms with E-state index in [0.29, 0.717) is 21.6 Å². The van der Waals surface area contributed by atoms with Crippen LogP contribution in [-0.4, -0.2) is 9.78 Å². The average molecular weight is 235 g/mol. The highest BCUT2D eigenvalue weighted by molar-refractivity contribution is 7.71. The molecule has 5 heteroatoms. The van der Waals surface area contributed by atoms with E-state index >= 15 is 0 Å². The van der Waals surface area contributed by atoms with Gasteiger partial charge >= 0.3 is 0 Å². The summed E-state index contributed by atoms with van der Waals surface area (Å²) in [6.07, 6.45) is 1.48. The highest BCUT2D eigenvalue weighted by Crippen LogP contribution is 2.13. The van der Waals surface area contributed by atoms with Gasteiger partial charge < -0.3 is 5.73 Å². The summed E-state index contributed by atoms with van der Waals surface area (Å²) in [6.45, 7) is 1.70. The van der Waals surface area contributed by atoms with Crippen LogP contribution < -0.4 is 5.73 Å². The van der Waals surface area contributed by atoms with Crippen molar-refractivity contribution >= 4 is 17.9 Å². The normalized spacial score (nSPS) is 10.4. The van der Waals surface area contributed by atoms with Gasteiger partial charge in [-0.15, -0.1) is 0 Å².